The van der Waals surface area contributed by atoms with E-state index in [0.29, 0.717) is 64.8 Å². The number of hydrogen-bond donors (Lipinski definition) is 1. The van der Waals surface area contributed by atoms with Gasteiger partial charge in [-0.25, -0.2) is 4.79 Å². The number of carbonyl (C=O) groups excluding carboxylic acids is 1. The molecule has 2 aliphatic rings. The van der Waals surface area contributed by atoms with E-state index >= 15 is 0 Å². The minimum Gasteiger partial charge on any atom is -0.493 e. The molecule has 1 N–H and O–H groups in total. The molecule has 4 aromatic carbocycles. The molecule has 0 radical (unpaired) electrons. The molecule has 0 aromatic heterocycles. The summed E-state index contributed by atoms with van der Waals surface area (Å²) in [7, 11) is 12.9. The molecule has 2 heterocycles. The van der Waals surface area contributed by atoms with Crippen molar-refractivity contribution in [2.75, 3.05) is 83.3 Å². The lowest BCUT2D eigenvalue weighted by Crippen LogP contribution is -2.24. The number of aliphatic hydroxyl groups excluding tert-OH is 1. The summed E-state index contributed by atoms with van der Waals surface area (Å²) in [4.78, 5) is 12.4. The predicted octanol–water partition coefficient (Wildman–Crippen LogP) is 8.04. The predicted molar refractivity (Wildman–Crippen MR) is 234 cm³/mol. The second kappa shape index (κ2) is 23.0. The van der Waals surface area contributed by atoms with Gasteiger partial charge >= 0.3 is 5.97 Å². The fourth-order valence-corrected chi connectivity index (χ4v) is 8.10. The highest BCUT2D eigenvalue weighted by atomic mass is 16.5. The van der Waals surface area contributed by atoms with Crippen LogP contribution in [0.3, 0.4) is 0 Å². The van der Waals surface area contributed by atoms with E-state index in [4.69, 9.17) is 52.1 Å². The molecule has 4 aromatic rings. The summed E-state index contributed by atoms with van der Waals surface area (Å²) in [5.74, 6) is 5.35. The van der Waals surface area contributed by atoms with Crippen molar-refractivity contribution < 1.29 is 62.0 Å². The van der Waals surface area contributed by atoms with Crippen LogP contribution < -0.4 is 37.9 Å². The number of aliphatic hydroxyl groups is 1. The first-order valence-electron chi connectivity index (χ1n) is 20.6. The number of hydrogen-bond acceptors (Lipinski definition) is 13. The van der Waals surface area contributed by atoms with Gasteiger partial charge < -0.3 is 57.2 Å². The Balaban J connectivity index is 0.000000238. The lowest BCUT2D eigenvalue weighted by Gasteiger charge is -2.24. The largest absolute Gasteiger partial charge is 0.493 e. The molecule has 0 amide bonds. The first-order valence-corrected chi connectivity index (χ1v) is 20.6. The van der Waals surface area contributed by atoms with E-state index < -0.39 is 0 Å². The van der Waals surface area contributed by atoms with Crippen molar-refractivity contribution in [1.82, 2.24) is 0 Å². The fourth-order valence-electron chi connectivity index (χ4n) is 8.10. The molecule has 0 aliphatic carbocycles. The molecule has 2 aliphatic heterocycles. The highest BCUT2D eigenvalue weighted by Gasteiger charge is 2.40. The monoisotopic (exact) mass is 858 g/mol. The average molecular weight is 859 g/mol. The summed E-state index contributed by atoms with van der Waals surface area (Å²) in [6.07, 6.45) is 2.85. The summed E-state index contributed by atoms with van der Waals surface area (Å²) >= 11 is 0. The molecule has 6 atom stereocenters. The molecule has 0 spiro atoms. The van der Waals surface area contributed by atoms with Crippen molar-refractivity contribution >= 4 is 5.97 Å². The second-order valence-corrected chi connectivity index (χ2v) is 15.1. The van der Waals surface area contributed by atoms with Crippen molar-refractivity contribution in [1.29, 1.82) is 0 Å². The Kier molecular flexibility index (Phi) is 17.6. The van der Waals surface area contributed by atoms with Crippen molar-refractivity contribution in [3.63, 3.8) is 0 Å². The maximum absolute atomic E-state index is 12.4. The number of esters is 1. The maximum Gasteiger partial charge on any atom is 0.333 e. The van der Waals surface area contributed by atoms with Gasteiger partial charge in [-0.3, -0.25) is 0 Å². The second-order valence-electron chi connectivity index (χ2n) is 15.1. The average Bonchev–Trinajstić information content (AvgIpc) is 3.92. The Bertz CT molecular complexity index is 2100. The fraction of sp³-hybridized carbons (Fsp3) is 0.449. The topological polar surface area (TPSA) is 139 Å². The third-order valence-electron chi connectivity index (χ3n) is 11.7. The Morgan fingerprint density at radius 1 is 0.565 bits per heavy atom. The molecule has 2 fully saturated rings. The maximum atomic E-state index is 12.4. The normalized spacial score (nSPS) is 20.7. The minimum atomic E-state index is -0.315. The lowest BCUT2D eigenvalue weighted by atomic mass is 9.84. The van der Waals surface area contributed by atoms with Crippen molar-refractivity contribution in [3.05, 3.63) is 107 Å². The Morgan fingerprint density at radius 3 is 1.32 bits per heavy atom. The third-order valence-corrected chi connectivity index (χ3v) is 11.7. The summed E-state index contributed by atoms with van der Waals surface area (Å²) in [6.45, 7) is 5.00. The number of benzene rings is 4. The van der Waals surface area contributed by atoms with Gasteiger partial charge in [-0.15, -0.1) is 0 Å². The molecule has 0 unspecified atom stereocenters. The molecule has 62 heavy (non-hydrogen) atoms. The standard InChI is InChI=1S/C27H34O7.C22H28O6/c1-7-17(2)27(28)34-16-21-20(12-18-8-10-22(29-3)24(13-18)31-5)15-33-26(21)19-9-11-23(30-4)25(14-19)32-6;1-24-18-7-5-14(10-20(18)26-3)9-16-13-28-22(17(16)12-23)15-6-8-19(25-2)21(11-15)27-4/h7-11,13-14,20-21,26H,12,15-16H2,1-6H3;5-8,10-11,16-17,22-23H,9,12-13H2,1-4H3/b17-7+;/t20-,21-,26+;16-,17-,22+/m00/s1. The van der Waals surface area contributed by atoms with Crippen LogP contribution in [-0.2, 0) is 31.8 Å². The Morgan fingerprint density at radius 2 is 0.935 bits per heavy atom. The van der Waals surface area contributed by atoms with E-state index in [1.807, 2.05) is 79.7 Å². The van der Waals surface area contributed by atoms with Crippen LogP contribution in [0.2, 0.25) is 0 Å². The van der Waals surface area contributed by atoms with Gasteiger partial charge in [-0.2, -0.15) is 0 Å². The van der Waals surface area contributed by atoms with Crippen molar-refractivity contribution in [3.8, 4) is 46.0 Å². The van der Waals surface area contributed by atoms with Crippen molar-refractivity contribution in [2.24, 2.45) is 23.7 Å². The SMILES string of the molecule is C/C=C(\C)C(=O)OC[C@H]1[C@@H](Cc2ccc(OC)c(OC)c2)CO[C@@H]1c1ccc(OC)c(OC)c1.COc1ccc(C[C@H]2CO[C@H](c3ccc(OC)c(OC)c3)[C@H]2CO)cc1OC. The first kappa shape index (κ1) is 47.4. The highest BCUT2D eigenvalue weighted by Crippen LogP contribution is 2.45. The molecule has 0 saturated carbocycles. The van der Waals surface area contributed by atoms with Gasteiger partial charge in [0.25, 0.3) is 0 Å². The molecule has 13 heteroatoms. The zero-order chi connectivity index (χ0) is 44.8. The van der Waals surface area contributed by atoms with E-state index in [1.165, 1.54) is 0 Å². The van der Waals surface area contributed by atoms with Crippen LogP contribution in [0.25, 0.3) is 0 Å². The van der Waals surface area contributed by atoms with E-state index in [0.717, 1.165) is 35.1 Å². The Hall–Kier alpha value is -5.63. The molecular weight excluding hydrogens is 797 g/mol. The van der Waals surface area contributed by atoms with Gasteiger partial charge in [-0.1, -0.05) is 30.3 Å². The van der Waals surface area contributed by atoms with Crippen LogP contribution in [0.1, 0.15) is 48.3 Å². The molecule has 6 rings (SSSR count). The van der Waals surface area contributed by atoms with E-state index in [9.17, 15) is 9.90 Å². The van der Waals surface area contributed by atoms with E-state index in [1.54, 1.807) is 69.9 Å². The summed E-state index contributed by atoms with van der Waals surface area (Å²) in [5.41, 5.74) is 4.73. The molecule has 2 saturated heterocycles. The first-order chi connectivity index (χ1) is 30.1. The number of ether oxygens (including phenoxy) is 11. The lowest BCUT2D eigenvalue weighted by molar-refractivity contribution is -0.141. The zero-order valence-electron chi connectivity index (χ0n) is 37.6. The number of methoxy groups -OCH3 is 8. The molecule has 0 bridgehead atoms. The quantitative estimate of drug-likeness (QED) is 0.0764. The van der Waals surface area contributed by atoms with Gasteiger partial charge in [0.15, 0.2) is 46.0 Å². The Labute approximate surface area is 365 Å². The van der Waals surface area contributed by atoms with Crippen molar-refractivity contribution in [2.45, 2.75) is 38.9 Å². The van der Waals surface area contributed by atoms with Crippen LogP contribution in [-0.4, -0.2) is 94.4 Å². The number of carbonyl (C=O) groups is 1. The van der Waals surface area contributed by atoms with Crippen LogP contribution in [0, 0.1) is 23.7 Å². The zero-order valence-corrected chi connectivity index (χ0v) is 37.6. The van der Waals surface area contributed by atoms with Gasteiger partial charge in [-0.05, 0) is 109 Å². The van der Waals surface area contributed by atoms with Gasteiger partial charge in [0.2, 0.25) is 0 Å². The molecule has 336 valence electrons. The van der Waals surface area contributed by atoms with Gasteiger partial charge in [0, 0.05) is 24.0 Å². The number of allylic oxidation sites excluding steroid dienone is 1. The van der Waals surface area contributed by atoms with Crippen LogP contribution in [0.4, 0.5) is 0 Å². The third kappa shape index (κ3) is 11.2. The van der Waals surface area contributed by atoms with Crippen LogP contribution in [0.15, 0.2) is 84.4 Å². The van der Waals surface area contributed by atoms with Crippen LogP contribution >= 0.6 is 0 Å². The van der Waals surface area contributed by atoms with E-state index in [-0.39, 0.29) is 55.1 Å². The number of rotatable bonds is 18. The molecular formula is C49H62O13. The van der Waals surface area contributed by atoms with Crippen LogP contribution in [0.5, 0.6) is 46.0 Å². The molecule has 13 nitrogen and oxygen atoms in total. The summed E-state index contributed by atoms with van der Waals surface area (Å²) in [6, 6.07) is 23.3. The summed E-state index contributed by atoms with van der Waals surface area (Å²) in [5, 5.41) is 10.1. The highest BCUT2D eigenvalue weighted by molar-refractivity contribution is 5.87. The van der Waals surface area contributed by atoms with Gasteiger partial charge in [0.1, 0.15) is 0 Å². The van der Waals surface area contributed by atoms with E-state index in [2.05, 4.69) is 0 Å². The van der Waals surface area contributed by atoms with Gasteiger partial charge in [0.05, 0.1) is 88.9 Å². The smallest absolute Gasteiger partial charge is 0.333 e. The summed E-state index contributed by atoms with van der Waals surface area (Å²) < 4.78 is 61.2. The minimum absolute atomic E-state index is 0.00815.